The standard InChI is InChI=1S/C20H31NO6/c1-20(2)10-9-15(19(22)21(3)25-6)18(20)16-11-14(26-12-23-4)7-8-17(16)27-13-24-5/h7-8,11,15,18H,9-10,12-13H2,1-6H3/t15-,18+/m0/s1. The molecule has 1 saturated carbocycles. The highest BCUT2D eigenvalue weighted by molar-refractivity contribution is 5.79. The molecule has 27 heavy (non-hydrogen) atoms. The van der Waals surface area contributed by atoms with Gasteiger partial charge in [0.2, 0.25) is 5.91 Å². The molecule has 2 atom stereocenters. The molecule has 0 N–H and O–H groups in total. The van der Waals surface area contributed by atoms with E-state index in [1.54, 1.807) is 21.3 Å². The lowest BCUT2D eigenvalue weighted by atomic mass is 9.73. The summed E-state index contributed by atoms with van der Waals surface area (Å²) in [6, 6.07) is 5.62. The van der Waals surface area contributed by atoms with Crippen molar-refractivity contribution < 1.29 is 28.6 Å². The number of hydroxylamine groups is 2. The first-order valence-corrected chi connectivity index (χ1v) is 9.04. The molecular weight excluding hydrogens is 350 g/mol. The predicted octanol–water partition coefficient (Wildman–Crippen LogP) is 3.19. The van der Waals surface area contributed by atoms with Crippen LogP contribution in [0, 0.1) is 11.3 Å². The van der Waals surface area contributed by atoms with E-state index in [9.17, 15) is 4.79 Å². The van der Waals surface area contributed by atoms with Crippen molar-refractivity contribution in [3.63, 3.8) is 0 Å². The van der Waals surface area contributed by atoms with E-state index in [4.69, 9.17) is 23.8 Å². The van der Waals surface area contributed by atoms with E-state index in [0.29, 0.717) is 11.5 Å². The number of carbonyl (C=O) groups excluding carboxylic acids is 1. The van der Waals surface area contributed by atoms with Gasteiger partial charge in [0.25, 0.3) is 0 Å². The molecule has 1 aliphatic rings. The summed E-state index contributed by atoms with van der Waals surface area (Å²) in [5.41, 5.74) is 0.853. The van der Waals surface area contributed by atoms with Crippen LogP contribution < -0.4 is 9.47 Å². The number of benzene rings is 1. The van der Waals surface area contributed by atoms with Crippen LogP contribution in [0.3, 0.4) is 0 Å². The van der Waals surface area contributed by atoms with Crippen LogP contribution >= 0.6 is 0 Å². The minimum absolute atomic E-state index is 0.0334. The highest BCUT2D eigenvalue weighted by Gasteiger charge is 2.48. The van der Waals surface area contributed by atoms with Gasteiger partial charge in [0.05, 0.1) is 7.11 Å². The normalized spacial score (nSPS) is 21.1. The van der Waals surface area contributed by atoms with E-state index in [1.807, 2.05) is 18.2 Å². The average Bonchev–Trinajstić information content (AvgIpc) is 2.98. The van der Waals surface area contributed by atoms with Crippen molar-refractivity contribution >= 4 is 5.91 Å². The highest BCUT2D eigenvalue weighted by atomic mass is 16.7. The third-order valence-corrected chi connectivity index (χ3v) is 5.24. The van der Waals surface area contributed by atoms with Crippen molar-refractivity contribution in [1.82, 2.24) is 5.06 Å². The summed E-state index contributed by atoms with van der Waals surface area (Å²) < 4.78 is 21.5. The average molecular weight is 381 g/mol. The van der Waals surface area contributed by atoms with Crippen molar-refractivity contribution in [3.8, 4) is 11.5 Å². The molecule has 0 bridgehead atoms. The molecule has 0 saturated heterocycles. The number of rotatable bonds is 9. The Kier molecular flexibility index (Phi) is 7.47. The zero-order valence-electron chi connectivity index (χ0n) is 17.1. The summed E-state index contributed by atoms with van der Waals surface area (Å²) >= 11 is 0. The SMILES string of the molecule is COCOc1ccc(OCOC)c([C@H]2[C@@H](C(=O)N(C)OC)CCC2(C)C)c1. The molecule has 0 heterocycles. The molecule has 1 aromatic rings. The molecule has 0 spiro atoms. The lowest BCUT2D eigenvalue weighted by Crippen LogP contribution is -2.35. The zero-order valence-corrected chi connectivity index (χ0v) is 17.1. The summed E-state index contributed by atoms with van der Waals surface area (Å²) in [5.74, 6) is 1.09. The van der Waals surface area contributed by atoms with E-state index in [-0.39, 0.29) is 36.7 Å². The van der Waals surface area contributed by atoms with Gasteiger partial charge in [-0.3, -0.25) is 9.63 Å². The van der Waals surface area contributed by atoms with Crippen molar-refractivity contribution in [3.05, 3.63) is 23.8 Å². The van der Waals surface area contributed by atoms with Gasteiger partial charge in [0.15, 0.2) is 13.6 Å². The minimum atomic E-state index is -0.201. The van der Waals surface area contributed by atoms with Gasteiger partial charge in [-0.15, -0.1) is 0 Å². The molecule has 1 fully saturated rings. The summed E-state index contributed by atoms with van der Waals surface area (Å²) in [6.45, 7) is 4.65. The number of carbonyl (C=O) groups is 1. The molecule has 0 aliphatic heterocycles. The van der Waals surface area contributed by atoms with Crippen LogP contribution in [0.5, 0.6) is 11.5 Å². The molecule has 1 amide bonds. The number of amides is 1. The fraction of sp³-hybridized carbons (Fsp3) is 0.650. The van der Waals surface area contributed by atoms with E-state index in [2.05, 4.69) is 13.8 Å². The fourth-order valence-electron chi connectivity index (χ4n) is 3.86. The van der Waals surface area contributed by atoms with Crippen molar-refractivity contribution in [2.75, 3.05) is 42.0 Å². The van der Waals surface area contributed by atoms with E-state index in [0.717, 1.165) is 18.4 Å². The number of hydrogen-bond acceptors (Lipinski definition) is 6. The Morgan fingerprint density at radius 2 is 1.81 bits per heavy atom. The fourth-order valence-corrected chi connectivity index (χ4v) is 3.86. The zero-order chi connectivity index (χ0) is 20.0. The van der Waals surface area contributed by atoms with E-state index < -0.39 is 0 Å². The second-order valence-corrected chi connectivity index (χ2v) is 7.43. The van der Waals surface area contributed by atoms with Gasteiger partial charge >= 0.3 is 0 Å². The first kappa shape index (κ1) is 21.5. The molecular formula is C20H31NO6. The molecule has 152 valence electrons. The second kappa shape index (κ2) is 9.39. The first-order valence-electron chi connectivity index (χ1n) is 9.04. The number of hydrogen-bond donors (Lipinski definition) is 0. The molecule has 1 aromatic carbocycles. The van der Waals surface area contributed by atoms with Crippen LogP contribution in [-0.4, -0.2) is 52.9 Å². The molecule has 1 aliphatic carbocycles. The Balaban J connectivity index is 2.46. The molecule has 0 radical (unpaired) electrons. The second-order valence-electron chi connectivity index (χ2n) is 7.43. The number of nitrogens with zero attached hydrogens (tertiary/aromatic N) is 1. The lowest BCUT2D eigenvalue weighted by Gasteiger charge is -2.33. The predicted molar refractivity (Wildman–Crippen MR) is 100 cm³/mol. The van der Waals surface area contributed by atoms with Crippen molar-refractivity contribution in [2.45, 2.75) is 32.6 Å². The van der Waals surface area contributed by atoms with Gasteiger partial charge in [-0.05, 0) is 36.5 Å². The van der Waals surface area contributed by atoms with Gasteiger partial charge in [0, 0.05) is 38.7 Å². The van der Waals surface area contributed by atoms with Crippen molar-refractivity contribution in [1.29, 1.82) is 0 Å². The van der Waals surface area contributed by atoms with Gasteiger partial charge < -0.3 is 18.9 Å². The number of ether oxygens (including phenoxy) is 4. The van der Waals surface area contributed by atoms with Gasteiger partial charge in [-0.1, -0.05) is 13.8 Å². The Morgan fingerprint density at radius 1 is 1.15 bits per heavy atom. The van der Waals surface area contributed by atoms with E-state index in [1.165, 1.54) is 12.2 Å². The third-order valence-electron chi connectivity index (χ3n) is 5.24. The maximum Gasteiger partial charge on any atom is 0.249 e. The van der Waals surface area contributed by atoms with Crippen LogP contribution in [0.4, 0.5) is 0 Å². The Labute approximate surface area is 161 Å². The molecule has 0 unspecified atom stereocenters. The first-order chi connectivity index (χ1) is 12.9. The molecule has 7 heteroatoms. The van der Waals surface area contributed by atoms with Gasteiger partial charge in [-0.2, -0.15) is 0 Å². The minimum Gasteiger partial charge on any atom is -0.468 e. The quantitative estimate of drug-likeness (QED) is 0.483. The molecule has 7 nitrogen and oxygen atoms in total. The number of methoxy groups -OCH3 is 2. The monoisotopic (exact) mass is 381 g/mol. The lowest BCUT2D eigenvalue weighted by molar-refractivity contribution is -0.174. The highest BCUT2D eigenvalue weighted by Crippen LogP contribution is 2.55. The van der Waals surface area contributed by atoms with Gasteiger partial charge in [0.1, 0.15) is 11.5 Å². The van der Waals surface area contributed by atoms with Crippen LogP contribution in [0.15, 0.2) is 18.2 Å². The summed E-state index contributed by atoms with van der Waals surface area (Å²) in [5, 5.41) is 1.31. The largest absolute Gasteiger partial charge is 0.468 e. The summed E-state index contributed by atoms with van der Waals surface area (Å²) in [7, 11) is 6.30. The van der Waals surface area contributed by atoms with E-state index >= 15 is 0 Å². The van der Waals surface area contributed by atoms with Crippen LogP contribution in [0.1, 0.15) is 38.2 Å². The maximum atomic E-state index is 12.9. The Morgan fingerprint density at radius 3 is 2.44 bits per heavy atom. The van der Waals surface area contributed by atoms with Crippen LogP contribution in [0.25, 0.3) is 0 Å². The van der Waals surface area contributed by atoms with Crippen LogP contribution in [0.2, 0.25) is 0 Å². The Hall–Kier alpha value is -1.83. The van der Waals surface area contributed by atoms with Crippen molar-refractivity contribution in [2.24, 2.45) is 11.3 Å². The molecule has 0 aromatic heterocycles. The third kappa shape index (κ3) is 4.91. The smallest absolute Gasteiger partial charge is 0.249 e. The van der Waals surface area contributed by atoms with Crippen LogP contribution in [-0.2, 0) is 19.1 Å². The Bertz CT molecular complexity index is 633. The summed E-state index contributed by atoms with van der Waals surface area (Å²) in [4.78, 5) is 18.1. The molecule has 2 rings (SSSR count). The summed E-state index contributed by atoms with van der Waals surface area (Å²) in [6.07, 6.45) is 1.72. The maximum absolute atomic E-state index is 12.9. The van der Waals surface area contributed by atoms with Gasteiger partial charge in [-0.25, -0.2) is 5.06 Å². The topological polar surface area (TPSA) is 66.5 Å².